The monoisotopic (exact) mass is 254 g/mol. The van der Waals surface area contributed by atoms with Gasteiger partial charge in [0.2, 0.25) is 0 Å². The molecule has 0 aliphatic carbocycles. The summed E-state index contributed by atoms with van der Waals surface area (Å²) in [6.45, 7) is 5.97. The molecule has 0 spiro atoms. The van der Waals surface area contributed by atoms with Crippen molar-refractivity contribution in [2.24, 2.45) is 11.8 Å². The van der Waals surface area contributed by atoms with Gasteiger partial charge in [-0.1, -0.05) is 13.8 Å². The number of nitro groups is 1. The zero-order chi connectivity index (χ0) is 13.7. The molecule has 1 aromatic rings. The van der Waals surface area contributed by atoms with E-state index in [1.165, 1.54) is 12.1 Å². The first-order chi connectivity index (χ1) is 8.43. The van der Waals surface area contributed by atoms with Gasteiger partial charge in [-0.15, -0.1) is 0 Å². The Labute approximate surface area is 105 Å². The van der Waals surface area contributed by atoms with Crippen LogP contribution in [0.2, 0.25) is 0 Å². The van der Waals surface area contributed by atoms with E-state index in [4.69, 9.17) is 10.6 Å². The predicted molar refractivity (Wildman–Crippen MR) is 68.2 cm³/mol. The van der Waals surface area contributed by atoms with Crippen molar-refractivity contribution in [2.75, 3.05) is 5.43 Å². The fourth-order valence-corrected chi connectivity index (χ4v) is 1.64. The molecule has 3 N–H and O–H groups in total. The van der Waals surface area contributed by atoms with Crippen LogP contribution in [0.1, 0.15) is 27.2 Å². The summed E-state index contributed by atoms with van der Waals surface area (Å²) in [6.07, 6.45) is 0.642. The zero-order valence-corrected chi connectivity index (χ0v) is 10.7. The summed E-state index contributed by atoms with van der Waals surface area (Å²) in [5.74, 6) is 5.97. The lowest BCUT2D eigenvalue weighted by molar-refractivity contribution is -0.386. The Balaban J connectivity index is 2.93. The highest BCUT2D eigenvalue weighted by Gasteiger charge is 2.20. The molecule has 7 nitrogen and oxygen atoms in total. The molecule has 0 aliphatic rings. The summed E-state index contributed by atoms with van der Waals surface area (Å²) in [5.41, 5.74) is 2.17. The Morgan fingerprint density at radius 2 is 2.17 bits per heavy atom. The van der Waals surface area contributed by atoms with E-state index in [9.17, 15) is 10.1 Å². The zero-order valence-electron chi connectivity index (χ0n) is 10.7. The van der Waals surface area contributed by atoms with Crippen LogP contribution < -0.4 is 16.0 Å². The van der Waals surface area contributed by atoms with E-state index in [1.807, 2.05) is 6.92 Å². The van der Waals surface area contributed by atoms with Gasteiger partial charge in [0.05, 0.1) is 11.0 Å². The Kier molecular flexibility index (Phi) is 4.85. The van der Waals surface area contributed by atoms with Gasteiger partial charge in [-0.2, -0.15) is 4.98 Å². The molecule has 0 amide bonds. The molecule has 0 aliphatic heterocycles. The molecule has 0 saturated carbocycles. The number of ether oxygens (including phenoxy) is 1. The molecule has 0 bridgehead atoms. The van der Waals surface area contributed by atoms with Crippen LogP contribution in [-0.2, 0) is 0 Å². The standard InChI is InChI=1S/C11H18N4O3/c1-7(2)6-8(3)18-11-9(15(16)17)4-5-10(13-11)14-12/h4-5,7-8H,6,12H2,1-3H3,(H,13,14). The Morgan fingerprint density at radius 1 is 1.50 bits per heavy atom. The largest absolute Gasteiger partial charge is 0.470 e. The van der Waals surface area contributed by atoms with E-state index in [2.05, 4.69) is 24.3 Å². The fraction of sp³-hybridized carbons (Fsp3) is 0.545. The molecule has 1 atom stereocenters. The molecular weight excluding hydrogens is 236 g/mol. The average Bonchev–Trinajstić information content (AvgIpc) is 2.27. The number of hydrazine groups is 1. The second-order valence-electron chi connectivity index (χ2n) is 4.48. The molecule has 7 heteroatoms. The van der Waals surface area contributed by atoms with Crippen LogP contribution >= 0.6 is 0 Å². The lowest BCUT2D eigenvalue weighted by Crippen LogP contribution is -2.17. The molecule has 0 fully saturated rings. The van der Waals surface area contributed by atoms with Crippen LogP contribution in [0.25, 0.3) is 0 Å². The normalized spacial score (nSPS) is 12.3. The number of anilines is 1. The Morgan fingerprint density at radius 3 is 2.67 bits per heavy atom. The molecule has 1 unspecified atom stereocenters. The third kappa shape index (κ3) is 3.85. The number of aromatic nitrogens is 1. The van der Waals surface area contributed by atoms with E-state index >= 15 is 0 Å². The molecule has 1 aromatic heterocycles. The van der Waals surface area contributed by atoms with Crippen LogP contribution in [0.5, 0.6) is 5.88 Å². The van der Waals surface area contributed by atoms with Crippen molar-refractivity contribution in [3.8, 4) is 5.88 Å². The van der Waals surface area contributed by atoms with Crippen LogP contribution in [0, 0.1) is 16.0 Å². The lowest BCUT2D eigenvalue weighted by atomic mass is 10.1. The topological polar surface area (TPSA) is 103 Å². The van der Waals surface area contributed by atoms with Crippen molar-refractivity contribution in [3.63, 3.8) is 0 Å². The number of rotatable bonds is 6. The number of nitrogens with two attached hydrogens (primary N) is 1. The highest BCUT2D eigenvalue weighted by Crippen LogP contribution is 2.27. The molecule has 1 heterocycles. The number of nitrogens with one attached hydrogen (secondary N) is 1. The number of nitrogen functional groups attached to an aromatic ring is 1. The summed E-state index contributed by atoms with van der Waals surface area (Å²) in [5, 5.41) is 10.9. The molecular formula is C11H18N4O3. The van der Waals surface area contributed by atoms with Crippen LogP contribution in [0.4, 0.5) is 11.5 Å². The van der Waals surface area contributed by atoms with Crippen molar-refractivity contribution in [1.82, 2.24) is 4.98 Å². The maximum atomic E-state index is 10.9. The second-order valence-corrected chi connectivity index (χ2v) is 4.48. The summed E-state index contributed by atoms with van der Waals surface area (Å²) < 4.78 is 5.51. The van der Waals surface area contributed by atoms with E-state index < -0.39 is 4.92 Å². The van der Waals surface area contributed by atoms with Gasteiger partial charge >= 0.3 is 5.69 Å². The number of hydrogen-bond donors (Lipinski definition) is 2. The van der Waals surface area contributed by atoms with Crippen molar-refractivity contribution >= 4 is 11.5 Å². The summed E-state index contributed by atoms with van der Waals surface area (Å²) >= 11 is 0. The molecule has 100 valence electrons. The maximum absolute atomic E-state index is 10.9. The number of hydrogen-bond acceptors (Lipinski definition) is 6. The van der Waals surface area contributed by atoms with E-state index in [0.717, 1.165) is 6.42 Å². The van der Waals surface area contributed by atoms with Gasteiger partial charge in [-0.25, -0.2) is 5.84 Å². The summed E-state index contributed by atoms with van der Waals surface area (Å²) in [6, 6.07) is 2.75. The first kappa shape index (κ1) is 14.2. The van der Waals surface area contributed by atoms with Gasteiger partial charge in [-0.3, -0.25) is 10.1 Å². The van der Waals surface area contributed by atoms with E-state index in [1.54, 1.807) is 0 Å². The average molecular weight is 254 g/mol. The van der Waals surface area contributed by atoms with Crippen molar-refractivity contribution in [1.29, 1.82) is 0 Å². The van der Waals surface area contributed by atoms with Gasteiger partial charge in [0.25, 0.3) is 5.88 Å². The number of nitrogens with zero attached hydrogens (tertiary/aromatic N) is 2. The first-order valence-electron chi connectivity index (χ1n) is 5.72. The molecule has 1 rings (SSSR count). The minimum absolute atomic E-state index is 0.0106. The Bertz CT molecular complexity index is 423. The van der Waals surface area contributed by atoms with Crippen LogP contribution in [-0.4, -0.2) is 16.0 Å². The SMILES string of the molecule is CC(C)CC(C)Oc1nc(NN)ccc1[N+](=O)[O-]. The minimum Gasteiger partial charge on any atom is -0.470 e. The van der Waals surface area contributed by atoms with Gasteiger partial charge in [-0.05, 0) is 25.3 Å². The molecule has 0 saturated heterocycles. The van der Waals surface area contributed by atoms with Crippen LogP contribution in [0.3, 0.4) is 0 Å². The minimum atomic E-state index is -0.523. The quantitative estimate of drug-likeness (QED) is 0.457. The van der Waals surface area contributed by atoms with Gasteiger partial charge in [0, 0.05) is 6.07 Å². The smallest absolute Gasteiger partial charge is 0.331 e. The Hall–Kier alpha value is -1.89. The highest BCUT2D eigenvalue weighted by molar-refractivity contribution is 5.48. The van der Waals surface area contributed by atoms with Crippen molar-refractivity contribution in [2.45, 2.75) is 33.3 Å². The maximum Gasteiger partial charge on any atom is 0.331 e. The number of pyridine rings is 1. The fourth-order valence-electron chi connectivity index (χ4n) is 1.64. The summed E-state index contributed by atoms with van der Waals surface area (Å²) in [7, 11) is 0. The van der Waals surface area contributed by atoms with Crippen molar-refractivity contribution < 1.29 is 9.66 Å². The second kappa shape index (κ2) is 6.15. The first-order valence-corrected chi connectivity index (χ1v) is 5.72. The highest BCUT2D eigenvalue weighted by atomic mass is 16.6. The molecule has 0 aromatic carbocycles. The molecule has 18 heavy (non-hydrogen) atoms. The van der Waals surface area contributed by atoms with Gasteiger partial charge < -0.3 is 10.2 Å². The lowest BCUT2D eigenvalue weighted by Gasteiger charge is -2.16. The predicted octanol–water partition coefficient (Wildman–Crippen LogP) is 2.09. The van der Waals surface area contributed by atoms with Gasteiger partial charge in [0.1, 0.15) is 5.82 Å². The van der Waals surface area contributed by atoms with E-state index in [0.29, 0.717) is 11.7 Å². The molecule has 0 radical (unpaired) electrons. The van der Waals surface area contributed by atoms with Crippen molar-refractivity contribution in [3.05, 3.63) is 22.2 Å². The van der Waals surface area contributed by atoms with Gasteiger partial charge in [0.15, 0.2) is 0 Å². The van der Waals surface area contributed by atoms with E-state index in [-0.39, 0.29) is 17.7 Å². The third-order valence-electron chi connectivity index (χ3n) is 2.30. The summed E-state index contributed by atoms with van der Waals surface area (Å²) in [4.78, 5) is 14.3. The van der Waals surface area contributed by atoms with Crippen LogP contribution in [0.15, 0.2) is 12.1 Å². The third-order valence-corrected chi connectivity index (χ3v) is 2.30.